The molecule has 2 N–H and O–H groups in total. The first kappa shape index (κ1) is 14.2. The first-order chi connectivity index (χ1) is 9.52. The van der Waals surface area contributed by atoms with Crippen LogP contribution in [0.1, 0.15) is 24.1 Å². The van der Waals surface area contributed by atoms with E-state index in [2.05, 4.69) is 5.32 Å². The van der Waals surface area contributed by atoms with Crippen LogP contribution in [0.25, 0.3) is 0 Å². The smallest absolute Gasteiger partial charge is 0.146 e. The molecule has 1 unspecified atom stereocenters. The molecule has 20 heavy (non-hydrogen) atoms. The molecule has 0 fully saturated rings. The zero-order valence-corrected chi connectivity index (χ0v) is 11.8. The molecule has 0 aromatic heterocycles. The molecule has 0 amide bonds. The number of nitrogens with one attached hydrogen (secondary N) is 1. The van der Waals surface area contributed by atoms with Crippen molar-refractivity contribution in [2.75, 3.05) is 12.4 Å². The van der Waals surface area contributed by atoms with Crippen molar-refractivity contribution in [3.63, 3.8) is 0 Å². The maximum Gasteiger partial charge on any atom is 0.146 e. The molecule has 0 heterocycles. The molecular weight excluding hydrogens is 257 g/mol. The van der Waals surface area contributed by atoms with E-state index in [-0.39, 0.29) is 17.6 Å². The van der Waals surface area contributed by atoms with Gasteiger partial charge < -0.3 is 15.2 Å². The zero-order chi connectivity index (χ0) is 14.7. The van der Waals surface area contributed by atoms with Crippen LogP contribution in [0.5, 0.6) is 11.5 Å². The van der Waals surface area contributed by atoms with E-state index in [0.29, 0.717) is 17.0 Å². The lowest BCUT2D eigenvalue weighted by Crippen LogP contribution is -2.09. The maximum atomic E-state index is 13.8. The van der Waals surface area contributed by atoms with Crippen LogP contribution in [0, 0.1) is 12.7 Å². The highest BCUT2D eigenvalue weighted by atomic mass is 19.1. The van der Waals surface area contributed by atoms with Gasteiger partial charge in [0, 0.05) is 11.6 Å². The largest absolute Gasteiger partial charge is 0.507 e. The van der Waals surface area contributed by atoms with Crippen LogP contribution in [0.3, 0.4) is 0 Å². The molecule has 0 saturated heterocycles. The first-order valence-electron chi connectivity index (χ1n) is 6.41. The van der Waals surface area contributed by atoms with Crippen molar-refractivity contribution >= 4 is 5.69 Å². The van der Waals surface area contributed by atoms with E-state index in [1.165, 1.54) is 6.07 Å². The lowest BCUT2D eigenvalue weighted by molar-refractivity contribution is 0.406. The van der Waals surface area contributed by atoms with Crippen LogP contribution in [-0.4, -0.2) is 12.2 Å². The van der Waals surface area contributed by atoms with E-state index >= 15 is 0 Å². The van der Waals surface area contributed by atoms with Gasteiger partial charge >= 0.3 is 0 Å². The van der Waals surface area contributed by atoms with Crippen LogP contribution in [0.2, 0.25) is 0 Å². The Bertz CT molecular complexity index is 593. The number of anilines is 1. The number of hydrogen-bond donors (Lipinski definition) is 2. The lowest BCUT2D eigenvalue weighted by atomic mass is 10.1. The van der Waals surface area contributed by atoms with Crippen molar-refractivity contribution in [1.82, 2.24) is 0 Å². The Morgan fingerprint density at radius 3 is 2.60 bits per heavy atom. The van der Waals surface area contributed by atoms with Gasteiger partial charge in [0.1, 0.15) is 17.3 Å². The molecule has 0 aliphatic carbocycles. The summed E-state index contributed by atoms with van der Waals surface area (Å²) in [7, 11) is 1.54. The molecule has 2 aromatic carbocycles. The Morgan fingerprint density at radius 2 is 2.00 bits per heavy atom. The minimum absolute atomic E-state index is 0.123. The number of halogens is 1. The second kappa shape index (κ2) is 5.82. The molecule has 1 atom stereocenters. The van der Waals surface area contributed by atoms with Crippen LogP contribution in [0.4, 0.5) is 10.1 Å². The van der Waals surface area contributed by atoms with Crippen molar-refractivity contribution < 1.29 is 14.2 Å². The van der Waals surface area contributed by atoms with E-state index in [4.69, 9.17) is 4.74 Å². The van der Waals surface area contributed by atoms with Crippen molar-refractivity contribution in [2.24, 2.45) is 0 Å². The molecule has 106 valence electrons. The van der Waals surface area contributed by atoms with Gasteiger partial charge in [0.05, 0.1) is 18.8 Å². The maximum absolute atomic E-state index is 13.8. The van der Waals surface area contributed by atoms with E-state index in [1.807, 2.05) is 19.9 Å². The Hall–Kier alpha value is -2.23. The predicted molar refractivity (Wildman–Crippen MR) is 77.8 cm³/mol. The summed E-state index contributed by atoms with van der Waals surface area (Å²) >= 11 is 0. The van der Waals surface area contributed by atoms with Gasteiger partial charge in [-0.3, -0.25) is 0 Å². The highest BCUT2D eigenvalue weighted by Gasteiger charge is 2.14. The highest BCUT2D eigenvalue weighted by molar-refractivity contribution is 5.54. The predicted octanol–water partition coefficient (Wildman–Crippen LogP) is 4.02. The minimum atomic E-state index is -0.301. The molecule has 4 heteroatoms. The molecule has 0 radical (unpaired) electrons. The standard InChI is InChI=1S/C16H18FNO2/c1-10-5-4-6-14(17)16(10)18-11(2)13-8-7-12(20-3)9-15(13)19/h4-9,11,18-19H,1-3H3. The number of aromatic hydroxyl groups is 1. The normalized spacial score (nSPS) is 12.0. The van der Waals surface area contributed by atoms with Crippen LogP contribution < -0.4 is 10.1 Å². The molecule has 0 spiro atoms. The van der Waals surface area contributed by atoms with E-state index in [9.17, 15) is 9.50 Å². The molecule has 0 saturated carbocycles. The summed E-state index contributed by atoms with van der Waals surface area (Å²) in [6.07, 6.45) is 0. The number of hydrogen-bond acceptors (Lipinski definition) is 3. The summed E-state index contributed by atoms with van der Waals surface area (Å²) in [6, 6.07) is 9.77. The fourth-order valence-corrected chi connectivity index (χ4v) is 2.13. The second-order valence-corrected chi connectivity index (χ2v) is 4.72. The Kier molecular flexibility index (Phi) is 4.13. The SMILES string of the molecule is COc1ccc(C(C)Nc2c(C)cccc2F)c(O)c1. The summed E-state index contributed by atoms with van der Waals surface area (Å²) in [5.74, 6) is 0.406. The Labute approximate surface area is 118 Å². The third kappa shape index (κ3) is 2.85. The number of rotatable bonds is 4. The number of aryl methyl sites for hydroxylation is 1. The second-order valence-electron chi connectivity index (χ2n) is 4.72. The van der Waals surface area contributed by atoms with Crippen LogP contribution in [-0.2, 0) is 0 Å². The number of benzene rings is 2. The summed E-state index contributed by atoms with van der Waals surface area (Å²) in [5.41, 5.74) is 1.97. The highest BCUT2D eigenvalue weighted by Crippen LogP contribution is 2.31. The van der Waals surface area contributed by atoms with Crippen LogP contribution >= 0.6 is 0 Å². The molecule has 2 aromatic rings. The zero-order valence-electron chi connectivity index (χ0n) is 11.8. The van der Waals surface area contributed by atoms with Crippen molar-refractivity contribution in [3.05, 3.63) is 53.3 Å². The van der Waals surface area contributed by atoms with E-state index < -0.39 is 0 Å². The van der Waals surface area contributed by atoms with Gasteiger partial charge in [-0.15, -0.1) is 0 Å². The summed E-state index contributed by atoms with van der Waals surface area (Å²) in [6.45, 7) is 3.71. The molecule has 0 aliphatic rings. The van der Waals surface area contributed by atoms with E-state index in [0.717, 1.165) is 5.56 Å². The molecule has 0 aliphatic heterocycles. The molecular formula is C16H18FNO2. The van der Waals surface area contributed by atoms with Gasteiger partial charge in [-0.05, 0) is 37.6 Å². The third-order valence-corrected chi connectivity index (χ3v) is 3.29. The van der Waals surface area contributed by atoms with Gasteiger partial charge in [-0.25, -0.2) is 4.39 Å². The van der Waals surface area contributed by atoms with Gasteiger partial charge in [0.2, 0.25) is 0 Å². The summed E-state index contributed by atoms with van der Waals surface area (Å²) < 4.78 is 18.8. The quantitative estimate of drug-likeness (QED) is 0.885. The van der Waals surface area contributed by atoms with Gasteiger partial charge in [0.15, 0.2) is 0 Å². The Balaban J connectivity index is 2.26. The molecule has 2 rings (SSSR count). The fraction of sp³-hybridized carbons (Fsp3) is 0.250. The third-order valence-electron chi connectivity index (χ3n) is 3.29. The van der Waals surface area contributed by atoms with Crippen molar-refractivity contribution in [1.29, 1.82) is 0 Å². The molecule has 3 nitrogen and oxygen atoms in total. The lowest BCUT2D eigenvalue weighted by Gasteiger charge is -2.19. The molecule has 0 bridgehead atoms. The number of phenolic OH excluding ortho intramolecular Hbond substituents is 1. The number of phenols is 1. The van der Waals surface area contributed by atoms with Gasteiger partial charge in [-0.2, -0.15) is 0 Å². The monoisotopic (exact) mass is 275 g/mol. The van der Waals surface area contributed by atoms with Gasteiger partial charge in [-0.1, -0.05) is 12.1 Å². The van der Waals surface area contributed by atoms with Gasteiger partial charge in [0.25, 0.3) is 0 Å². The topological polar surface area (TPSA) is 41.5 Å². The average molecular weight is 275 g/mol. The number of ether oxygens (including phenoxy) is 1. The fourth-order valence-electron chi connectivity index (χ4n) is 2.13. The summed E-state index contributed by atoms with van der Waals surface area (Å²) in [5, 5.41) is 13.1. The average Bonchev–Trinajstić information content (AvgIpc) is 2.42. The van der Waals surface area contributed by atoms with Crippen molar-refractivity contribution in [2.45, 2.75) is 19.9 Å². The number of methoxy groups -OCH3 is 1. The van der Waals surface area contributed by atoms with Crippen LogP contribution in [0.15, 0.2) is 36.4 Å². The van der Waals surface area contributed by atoms with E-state index in [1.54, 1.807) is 31.4 Å². The minimum Gasteiger partial charge on any atom is -0.507 e. The number of para-hydroxylation sites is 1. The van der Waals surface area contributed by atoms with Crippen molar-refractivity contribution in [3.8, 4) is 11.5 Å². The summed E-state index contributed by atoms with van der Waals surface area (Å²) in [4.78, 5) is 0. The Morgan fingerprint density at radius 1 is 1.25 bits per heavy atom. The first-order valence-corrected chi connectivity index (χ1v) is 6.41.